The van der Waals surface area contributed by atoms with E-state index in [1.807, 2.05) is 16.7 Å². The van der Waals surface area contributed by atoms with Gasteiger partial charge in [-0.15, -0.1) is 0 Å². The summed E-state index contributed by atoms with van der Waals surface area (Å²) < 4.78 is 54.2. The lowest BCUT2D eigenvalue weighted by molar-refractivity contribution is -0.384. The van der Waals surface area contributed by atoms with Gasteiger partial charge in [-0.1, -0.05) is 19.9 Å². The van der Waals surface area contributed by atoms with Crippen LogP contribution >= 0.6 is 0 Å². The summed E-state index contributed by atoms with van der Waals surface area (Å²) in [5, 5.41) is 11.8. The van der Waals surface area contributed by atoms with Crippen molar-refractivity contribution in [2.75, 3.05) is 44.2 Å². The zero-order valence-electron chi connectivity index (χ0n) is 18.9. The number of nitro benzene ring substituents is 1. The first kappa shape index (κ1) is 25.0. The minimum absolute atomic E-state index is 0.110. The van der Waals surface area contributed by atoms with Crippen LogP contribution in [0.25, 0.3) is 0 Å². The second-order valence-corrected chi connectivity index (χ2v) is 9.80. The predicted octanol–water partition coefficient (Wildman–Crippen LogP) is 3.79. The van der Waals surface area contributed by atoms with Gasteiger partial charge >= 0.3 is 0 Å². The van der Waals surface area contributed by atoms with Crippen LogP contribution in [-0.4, -0.2) is 61.8 Å². The fourth-order valence-corrected chi connectivity index (χ4v) is 5.66. The number of rotatable bonds is 8. The standard InChI is InChI=1S/C22H28F2N4O4S/c1-4-27(5-2)33(31,32)18-7-9-21(22(15-18)28(29)30)26-12-10-25(11-13-26)16(3)19-8-6-17(23)14-20(19)24/h6-9,14-16H,4-5,10-13H2,1-3H3. The predicted molar refractivity (Wildman–Crippen MR) is 122 cm³/mol. The monoisotopic (exact) mass is 482 g/mol. The molecule has 0 spiro atoms. The number of nitro groups is 1. The molecule has 2 aromatic carbocycles. The maximum atomic E-state index is 14.2. The third-order valence-corrected chi connectivity index (χ3v) is 8.15. The summed E-state index contributed by atoms with van der Waals surface area (Å²) in [5.74, 6) is -1.24. The van der Waals surface area contributed by atoms with Crippen LogP contribution in [0.15, 0.2) is 41.3 Å². The Bertz CT molecular complexity index is 1120. The summed E-state index contributed by atoms with van der Waals surface area (Å²) in [6.07, 6.45) is 0. The molecule has 33 heavy (non-hydrogen) atoms. The number of piperazine rings is 1. The Kier molecular flexibility index (Phi) is 7.65. The summed E-state index contributed by atoms with van der Waals surface area (Å²) in [4.78, 5) is 14.9. The van der Waals surface area contributed by atoms with Crippen LogP contribution < -0.4 is 4.90 Å². The molecule has 1 fully saturated rings. The molecular formula is C22H28F2N4O4S. The van der Waals surface area contributed by atoms with Gasteiger partial charge in [0.15, 0.2) is 0 Å². The molecule has 1 saturated heterocycles. The van der Waals surface area contributed by atoms with Crippen LogP contribution in [0, 0.1) is 21.7 Å². The zero-order chi connectivity index (χ0) is 24.3. The van der Waals surface area contributed by atoms with Crippen molar-refractivity contribution in [1.82, 2.24) is 9.21 Å². The normalized spacial score (nSPS) is 16.2. The first-order valence-electron chi connectivity index (χ1n) is 10.8. The van der Waals surface area contributed by atoms with Gasteiger partial charge in [0.1, 0.15) is 17.3 Å². The molecule has 1 unspecified atom stereocenters. The van der Waals surface area contributed by atoms with Gasteiger partial charge in [0.2, 0.25) is 10.0 Å². The zero-order valence-corrected chi connectivity index (χ0v) is 19.7. The summed E-state index contributed by atoms with van der Waals surface area (Å²) in [6.45, 7) is 7.69. The molecule has 1 atom stereocenters. The molecule has 8 nitrogen and oxygen atoms in total. The molecule has 180 valence electrons. The minimum Gasteiger partial charge on any atom is -0.363 e. The second kappa shape index (κ2) is 10.1. The largest absolute Gasteiger partial charge is 0.363 e. The van der Waals surface area contributed by atoms with Crippen LogP contribution in [0.2, 0.25) is 0 Å². The minimum atomic E-state index is -3.82. The number of halogens is 2. The van der Waals surface area contributed by atoms with Gasteiger partial charge < -0.3 is 4.90 Å². The molecule has 1 aliphatic heterocycles. The van der Waals surface area contributed by atoms with Crippen molar-refractivity contribution < 1.29 is 22.1 Å². The fraction of sp³-hybridized carbons (Fsp3) is 0.455. The van der Waals surface area contributed by atoms with Gasteiger partial charge in [-0.2, -0.15) is 4.31 Å². The maximum Gasteiger partial charge on any atom is 0.293 e. The molecule has 0 amide bonds. The Morgan fingerprint density at radius 3 is 2.24 bits per heavy atom. The molecular weight excluding hydrogens is 454 g/mol. The molecule has 0 aromatic heterocycles. The van der Waals surface area contributed by atoms with Crippen molar-refractivity contribution >= 4 is 21.4 Å². The van der Waals surface area contributed by atoms with E-state index in [-0.39, 0.29) is 29.7 Å². The first-order valence-corrected chi connectivity index (χ1v) is 12.3. The lowest BCUT2D eigenvalue weighted by Crippen LogP contribution is -2.47. The molecule has 0 bridgehead atoms. The molecule has 1 aliphatic rings. The van der Waals surface area contributed by atoms with Crippen molar-refractivity contribution in [1.29, 1.82) is 0 Å². The Labute approximate surface area is 192 Å². The third-order valence-electron chi connectivity index (χ3n) is 6.10. The highest BCUT2D eigenvalue weighted by Crippen LogP contribution is 2.33. The average Bonchev–Trinajstić information content (AvgIpc) is 2.79. The lowest BCUT2D eigenvalue weighted by atomic mass is 10.0. The third kappa shape index (κ3) is 5.15. The van der Waals surface area contributed by atoms with E-state index in [0.29, 0.717) is 37.4 Å². The van der Waals surface area contributed by atoms with Crippen LogP contribution in [0.5, 0.6) is 0 Å². The van der Waals surface area contributed by atoms with Crippen LogP contribution in [0.4, 0.5) is 20.2 Å². The van der Waals surface area contributed by atoms with Crippen molar-refractivity contribution in [3.8, 4) is 0 Å². The van der Waals surface area contributed by atoms with E-state index in [1.165, 1.54) is 28.6 Å². The van der Waals surface area contributed by atoms with Crippen molar-refractivity contribution in [2.24, 2.45) is 0 Å². The van der Waals surface area contributed by atoms with Crippen molar-refractivity contribution in [2.45, 2.75) is 31.7 Å². The Hall–Kier alpha value is -2.63. The SMILES string of the molecule is CCN(CC)S(=O)(=O)c1ccc(N2CCN(C(C)c3ccc(F)cc3F)CC2)c([N+](=O)[O-])c1. The molecule has 11 heteroatoms. The van der Waals surface area contributed by atoms with E-state index in [4.69, 9.17) is 0 Å². The number of anilines is 1. The molecule has 0 saturated carbocycles. The summed E-state index contributed by atoms with van der Waals surface area (Å²) in [7, 11) is -3.82. The molecule has 0 aliphatic carbocycles. The Balaban J connectivity index is 1.80. The van der Waals surface area contributed by atoms with E-state index in [9.17, 15) is 27.3 Å². The number of hydrogen-bond donors (Lipinski definition) is 0. The number of sulfonamides is 1. The van der Waals surface area contributed by atoms with Gasteiger partial charge in [-0.05, 0) is 25.1 Å². The van der Waals surface area contributed by atoms with Gasteiger partial charge in [0, 0.05) is 63.0 Å². The lowest BCUT2D eigenvalue weighted by Gasteiger charge is -2.39. The fourth-order valence-electron chi connectivity index (χ4n) is 4.18. The van der Waals surface area contributed by atoms with E-state index < -0.39 is 26.6 Å². The average molecular weight is 483 g/mol. The van der Waals surface area contributed by atoms with Crippen LogP contribution in [0.3, 0.4) is 0 Å². The second-order valence-electron chi connectivity index (χ2n) is 7.86. The quantitative estimate of drug-likeness (QED) is 0.420. The van der Waals surface area contributed by atoms with E-state index in [2.05, 4.69) is 0 Å². The van der Waals surface area contributed by atoms with E-state index in [1.54, 1.807) is 13.8 Å². The van der Waals surface area contributed by atoms with Crippen molar-refractivity contribution in [3.63, 3.8) is 0 Å². The molecule has 2 aromatic rings. The highest BCUT2D eigenvalue weighted by molar-refractivity contribution is 7.89. The Morgan fingerprint density at radius 1 is 1.06 bits per heavy atom. The van der Waals surface area contributed by atoms with Crippen molar-refractivity contribution in [3.05, 3.63) is 63.7 Å². The maximum absolute atomic E-state index is 14.2. The van der Waals surface area contributed by atoms with Crippen LogP contribution in [0.1, 0.15) is 32.4 Å². The molecule has 0 N–H and O–H groups in total. The number of hydrogen-bond acceptors (Lipinski definition) is 6. The highest BCUT2D eigenvalue weighted by atomic mass is 32.2. The van der Waals surface area contributed by atoms with Gasteiger partial charge in [0.05, 0.1) is 9.82 Å². The van der Waals surface area contributed by atoms with E-state index in [0.717, 1.165) is 12.1 Å². The number of benzene rings is 2. The summed E-state index contributed by atoms with van der Waals surface area (Å²) >= 11 is 0. The highest BCUT2D eigenvalue weighted by Gasteiger charge is 2.30. The first-order chi connectivity index (χ1) is 15.6. The summed E-state index contributed by atoms with van der Waals surface area (Å²) in [6, 6.07) is 7.23. The molecule has 1 heterocycles. The van der Waals surface area contributed by atoms with Gasteiger partial charge in [0.25, 0.3) is 5.69 Å². The van der Waals surface area contributed by atoms with E-state index >= 15 is 0 Å². The summed E-state index contributed by atoms with van der Waals surface area (Å²) in [5.41, 5.74) is 0.467. The van der Waals surface area contributed by atoms with Gasteiger partial charge in [-0.3, -0.25) is 15.0 Å². The van der Waals surface area contributed by atoms with Gasteiger partial charge in [-0.25, -0.2) is 17.2 Å². The number of nitrogens with zero attached hydrogens (tertiary/aromatic N) is 4. The smallest absolute Gasteiger partial charge is 0.293 e. The Morgan fingerprint density at radius 2 is 1.70 bits per heavy atom. The molecule has 0 radical (unpaired) electrons. The topological polar surface area (TPSA) is 87.0 Å². The molecule has 3 rings (SSSR count). The van der Waals surface area contributed by atoms with Crippen LogP contribution in [-0.2, 0) is 10.0 Å².